The van der Waals surface area contributed by atoms with Crippen LogP contribution in [0, 0.1) is 5.82 Å². The highest BCUT2D eigenvalue weighted by molar-refractivity contribution is 5.95. The molecule has 0 saturated carbocycles. The second-order valence-electron chi connectivity index (χ2n) is 6.45. The lowest BCUT2D eigenvalue weighted by Crippen LogP contribution is -2.25. The zero-order valence-corrected chi connectivity index (χ0v) is 15.9. The van der Waals surface area contributed by atoms with Gasteiger partial charge in [0.1, 0.15) is 11.6 Å². The molecule has 3 N–H and O–H groups in total. The summed E-state index contributed by atoms with van der Waals surface area (Å²) < 4.78 is 12.9. The SMILES string of the molecule is CC(=O)Nc1ccc(Nc2cc(C(=O)NCCc3ccc(F)cc3)ccn2)cc1. The molecule has 7 heteroatoms. The molecular formula is C22H21FN4O2. The Morgan fingerprint density at radius 1 is 0.966 bits per heavy atom. The molecule has 0 spiro atoms. The van der Waals surface area contributed by atoms with Gasteiger partial charge in [-0.2, -0.15) is 0 Å². The molecule has 29 heavy (non-hydrogen) atoms. The van der Waals surface area contributed by atoms with Gasteiger partial charge in [0.2, 0.25) is 5.91 Å². The summed E-state index contributed by atoms with van der Waals surface area (Å²) in [6.45, 7) is 1.90. The van der Waals surface area contributed by atoms with E-state index in [1.165, 1.54) is 19.1 Å². The molecular weight excluding hydrogens is 371 g/mol. The maximum absolute atomic E-state index is 12.9. The molecule has 3 rings (SSSR count). The number of hydrogen-bond acceptors (Lipinski definition) is 4. The number of anilines is 3. The summed E-state index contributed by atoms with van der Waals surface area (Å²) in [7, 11) is 0. The van der Waals surface area contributed by atoms with E-state index in [4.69, 9.17) is 0 Å². The largest absolute Gasteiger partial charge is 0.352 e. The summed E-state index contributed by atoms with van der Waals surface area (Å²) in [5, 5.41) is 8.68. The van der Waals surface area contributed by atoms with Gasteiger partial charge in [0.25, 0.3) is 5.91 Å². The Balaban J connectivity index is 1.56. The van der Waals surface area contributed by atoms with E-state index >= 15 is 0 Å². The number of nitrogens with one attached hydrogen (secondary N) is 3. The number of benzene rings is 2. The Labute approximate surface area is 168 Å². The summed E-state index contributed by atoms with van der Waals surface area (Å²) in [6, 6.07) is 16.7. The van der Waals surface area contributed by atoms with Crippen LogP contribution in [-0.2, 0) is 11.2 Å². The van der Waals surface area contributed by atoms with Crippen LogP contribution in [0.25, 0.3) is 0 Å². The first-order valence-electron chi connectivity index (χ1n) is 9.13. The zero-order valence-electron chi connectivity index (χ0n) is 15.9. The fourth-order valence-electron chi connectivity index (χ4n) is 2.70. The van der Waals surface area contributed by atoms with Crippen molar-refractivity contribution in [2.75, 3.05) is 17.2 Å². The fourth-order valence-corrected chi connectivity index (χ4v) is 2.70. The van der Waals surface area contributed by atoms with Crippen molar-refractivity contribution < 1.29 is 14.0 Å². The third kappa shape index (κ3) is 6.14. The van der Waals surface area contributed by atoms with Crippen LogP contribution in [0.4, 0.5) is 21.6 Å². The first kappa shape index (κ1) is 20.0. The van der Waals surface area contributed by atoms with Crippen LogP contribution >= 0.6 is 0 Å². The van der Waals surface area contributed by atoms with Crippen LogP contribution in [-0.4, -0.2) is 23.3 Å². The molecule has 148 valence electrons. The zero-order chi connectivity index (χ0) is 20.6. The van der Waals surface area contributed by atoms with Crippen LogP contribution in [0.3, 0.4) is 0 Å². The van der Waals surface area contributed by atoms with Gasteiger partial charge in [0, 0.05) is 36.6 Å². The third-order valence-corrected chi connectivity index (χ3v) is 4.11. The maximum Gasteiger partial charge on any atom is 0.251 e. The van der Waals surface area contributed by atoms with E-state index in [9.17, 15) is 14.0 Å². The van der Waals surface area contributed by atoms with E-state index in [1.54, 1.807) is 42.6 Å². The minimum Gasteiger partial charge on any atom is -0.352 e. The van der Waals surface area contributed by atoms with Gasteiger partial charge in [-0.25, -0.2) is 9.37 Å². The van der Waals surface area contributed by atoms with E-state index in [2.05, 4.69) is 20.9 Å². The summed E-state index contributed by atoms with van der Waals surface area (Å²) in [4.78, 5) is 27.7. The van der Waals surface area contributed by atoms with Crippen LogP contribution < -0.4 is 16.0 Å². The lowest BCUT2D eigenvalue weighted by molar-refractivity contribution is -0.114. The van der Waals surface area contributed by atoms with Crippen LogP contribution in [0.2, 0.25) is 0 Å². The molecule has 0 aliphatic rings. The van der Waals surface area contributed by atoms with Crippen LogP contribution in [0.1, 0.15) is 22.8 Å². The lowest BCUT2D eigenvalue weighted by Gasteiger charge is -2.09. The molecule has 0 fully saturated rings. The quantitative estimate of drug-likeness (QED) is 0.570. The average molecular weight is 392 g/mol. The predicted molar refractivity (Wildman–Crippen MR) is 111 cm³/mol. The molecule has 0 bridgehead atoms. The topological polar surface area (TPSA) is 83.1 Å². The number of carbonyl (C=O) groups is 2. The number of hydrogen-bond donors (Lipinski definition) is 3. The fraction of sp³-hybridized carbons (Fsp3) is 0.136. The van der Waals surface area contributed by atoms with Gasteiger partial charge in [-0.1, -0.05) is 12.1 Å². The van der Waals surface area contributed by atoms with Crippen molar-refractivity contribution in [2.45, 2.75) is 13.3 Å². The molecule has 3 aromatic rings. The van der Waals surface area contributed by atoms with E-state index in [0.717, 1.165) is 11.3 Å². The molecule has 2 amide bonds. The van der Waals surface area contributed by atoms with Crippen LogP contribution in [0.15, 0.2) is 66.9 Å². The summed E-state index contributed by atoms with van der Waals surface area (Å²) >= 11 is 0. The van der Waals surface area contributed by atoms with Crippen LogP contribution in [0.5, 0.6) is 0 Å². The van der Waals surface area contributed by atoms with Crippen molar-refractivity contribution in [1.29, 1.82) is 0 Å². The maximum atomic E-state index is 12.9. The summed E-state index contributed by atoms with van der Waals surface area (Å²) in [6.07, 6.45) is 2.17. The third-order valence-electron chi connectivity index (χ3n) is 4.11. The van der Waals surface area contributed by atoms with Crippen molar-refractivity contribution in [3.05, 3.63) is 83.8 Å². The van der Waals surface area contributed by atoms with Gasteiger partial charge < -0.3 is 16.0 Å². The first-order valence-corrected chi connectivity index (χ1v) is 9.13. The molecule has 1 heterocycles. The monoisotopic (exact) mass is 392 g/mol. The number of pyridine rings is 1. The Hall–Kier alpha value is -3.74. The highest BCUT2D eigenvalue weighted by Crippen LogP contribution is 2.18. The smallest absolute Gasteiger partial charge is 0.251 e. The Morgan fingerprint density at radius 3 is 2.34 bits per heavy atom. The highest BCUT2D eigenvalue weighted by Gasteiger charge is 2.07. The van der Waals surface area contributed by atoms with Gasteiger partial charge in [0.05, 0.1) is 0 Å². The Kier molecular flexibility index (Phi) is 6.52. The van der Waals surface area contributed by atoms with Gasteiger partial charge in [-0.05, 0) is 60.5 Å². The molecule has 0 aliphatic carbocycles. The van der Waals surface area contributed by atoms with Gasteiger partial charge in [-0.3, -0.25) is 9.59 Å². The second-order valence-corrected chi connectivity index (χ2v) is 6.45. The molecule has 0 unspecified atom stereocenters. The second kappa shape index (κ2) is 9.45. The van der Waals surface area contributed by atoms with Crippen molar-refractivity contribution >= 4 is 29.0 Å². The number of nitrogens with zero attached hydrogens (tertiary/aromatic N) is 1. The summed E-state index contributed by atoms with van der Waals surface area (Å²) in [5.74, 6) is -0.0908. The lowest BCUT2D eigenvalue weighted by atomic mass is 10.1. The molecule has 0 atom stereocenters. The van der Waals surface area contributed by atoms with Gasteiger partial charge in [-0.15, -0.1) is 0 Å². The molecule has 2 aromatic carbocycles. The highest BCUT2D eigenvalue weighted by atomic mass is 19.1. The number of rotatable bonds is 7. The average Bonchev–Trinajstić information content (AvgIpc) is 2.71. The molecule has 0 aliphatic heterocycles. The molecule has 0 saturated heterocycles. The molecule has 6 nitrogen and oxygen atoms in total. The van der Waals surface area contributed by atoms with E-state index in [1.807, 2.05) is 12.1 Å². The van der Waals surface area contributed by atoms with Crippen molar-refractivity contribution in [1.82, 2.24) is 10.3 Å². The summed E-state index contributed by atoms with van der Waals surface area (Å²) in [5.41, 5.74) is 2.91. The van der Waals surface area contributed by atoms with Gasteiger partial charge >= 0.3 is 0 Å². The van der Waals surface area contributed by atoms with Crippen molar-refractivity contribution in [2.24, 2.45) is 0 Å². The number of halogens is 1. The molecule has 1 aromatic heterocycles. The van der Waals surface area contributed by atoms with Crippen molar-refractivity contribution in [3.8, 4) is 0 Å². The first-order chi connectivity index (χ1) is 14.0. The normalized spacial score (nSPS) is 10.3. The van der Waals surface area contributed by atoms with E-state index in [0.29, 0.717) is 30.0 Å². The Bertz CT molecular complexity index is 988. The minimum atomic E-state index is -0.278. The number of carbonyl (C=O) groups excluding carboxylic acids is 2. The van der Waals surface area contributed by atoms with Gasteiger partial charge in [0.15, 0.2) is 0 Å². The standard InChI is InChI=1S/C22H21FN4O2/c1-15(28)26-19-6-8-20(9-7-19)27-21-14-17(11-13-24-21)22(29)25-12-10-16-2-4-18(23)5-3-16/h2-9,11,13-14H,10,12H2,1H3,(H,24,27)(H,25,29)(H,26,28). The van der Waals surface area contributed by atoms with Crippen molar-refractivity contribution in [3.63, 3.8) is 0 Å². The number of amides is 2. The number of aromatic nitrogens is 1. The van der Waals surface area contributed by atoms with E-state index in [-0.39, 0.29) is 17.6 Å². The predicted octanol–water partition coefficient (Wildman–Crippen LogP) is 3.90. The Morgan fingerprint density at radius 2 is 1.66 bits per heavy atom. The minimum absolute atomic E-state index is 0.134. The molecule has 0 radical (unpaired) electrons. The van der Waals surface area contributed by atoms with E-state index < -0.39 is 0 Å².